The third-order valence-corrected chi connectivity index (χ3v) is 2.69. The molecule has 21 heavy (non-hydrogen) atoms. The highest BCUT2D eigenvalue weighted by molar-refractivity contribution is 5.75. The summed E-state index contributed by atoms with van der Waals surface area (Å²) in [5, 5.41) is 10.9. The molecule has 0 radical (unpaired) electrons. The van der Waals surface area contributed by atoms with Crippen molar-refractivity contribution in [3.8, 4) is 5.75 Å². The molecule has 1 aromatic carbocycles. The van der Waals surface area contributed by atoms with Gasteiger partial charge in [-0.3, -0.25) is 14.9 Å². The van der Waals surface area contributed by atoms with E-state index in [-0.39, 0.29) is 25.4 Å². The van der Waals surface area contributed by atoms with Crippen LogP contribution in [0, 0.1) is 10.1 Å². The summed E-state index contributed by atoms with van der Waals surface area (Å²) >= 11 is 0. The molecule has 0 aromatic heterocycles. The zero-order valence-corrected chi connectivity index (χ0v) is 11.9. The molecular weight excluding hydrogens is 278 g/mol. The summed E-state index contributed by atoms with van der Waals surface area (Å²) in [7, 11) is 0. The van der Waals surface area contributed by atoms with Crippen molar-refractivity contribution in [2.75, 3.05) is 6.61 Å². The Morgan fingerprint density at radius 3 is 2.33 bits per heavy atom. The van der Waals surface area contributed by atoms with Gasteiger partial charge in [0.2, 0.25) is 0 Å². The largest absolute Gasteiger partial charge is 0.461 e. The Hall–Kier alpha value is -2.44. The number of carbonyl (C=O) groups is 2. The number of esters is 2. The lowest BCUT2D eigenvalue weighted by Gasteiger charge is -2.09. The Morgan fingerprint density at radius 1 is 1.24 bits per heavy atom. The van der Waals surface area contributed by atoms with Gasteiger partial charge in [-0.1, -0.05) is 19.1 Å². The first-order chi connectivity index (χ1) is 9.97. The quantitative estimate of drug-likeness (QED) is 0.329. The highest BCUT2D eigenvalue weighted by atomic mass is 16.6. The molecule has 0 N–H and O–H groups in total. The van der Waals surface area contributed by atoms with Crippen molar-refractivity contribution < 1.29 is 24.0 Å². The number of benzene rings is 1. The molecule has 0 fully saturated rings. The number of nitro groups is 1. The normalized spacial score (nSPS) is 11.5. The Bertz CT molecular complexity index is 511. The summed E-state index contributed by atoms with van der Waals surface area (Å²) in [5.74, 6) is -0.860. The van der Waals surface area contributed by atoms with Crippen LogP contribution in [-0.2, 0) is 20.7 Å². The summed E-state index contributed by atoms with van der Waals surface area (Å²) in [6.45, 7) is 3.36. The summed E-state index contributed by atoms with van der Waals surface area (Å²) in [4.78, 5) is 32.9. The van der Waals surface area contributed by atoms with E-state index >= 15 is 0 Å². The van der Waals surface area contributed by atoms with Crippen LogP contribution in [-0.4, -0.2) is 29.5 Å². The van der Waals surface area contributed by atoms with E-state index in [1.54, 1.807) is 26.0 Å². The number of ether oxygens (including phenoxy) is 2. The Kier molecular flexibility index (Phi) is 6.32. The van der Waals surface area contributed by atoms with Crippen LogP contribution in [0.25, 0.3) is 0 Å². The predicted octanol–water partition coefficient (Wildman–Crippen LogP) is 1.75. The fraction of sp³-hybridized carbons (Fsp3) is 0.429. The molecule has 0 aliphatic rings. The van der Waals surface area contributed by atoms with E-state index in [1.807, 2.05) is 0 Å². The first-order valence-corrected chi connectivity index (χ1v) is 6.57. The van der Waals surface area contributed by atoms with Gasteiger partial charge in [-0.2, -0.15) is 0 Å². The summed E-state index contributed by atoms with van der Waals surface area (Å²) < 4.78 is 9.67. The molecule has 1 rings (SSSR count). The second kappa shape index (κ2) is 7.98. The number of rotatable bonds is 7. The number of nitrogens with zero attached hydrogens (tertiary/aromatic N) is 1. The minimum Gasteiger partial charge on any atom is -0.461 e. The number of hydrogen-bond acceptors (Lipinski definition) is 6. The average molecular weight is 295 g/mol. The van der Waals surface area contributed by atoms with Gasteiger partial charge in [0.15, 0.2) is 0 Å². The molecule has 1 aromatic rings. The molecule has 1 atom stereocenters. The zero-order valence-electron chi connectivity index (χ0n) is 11.9. The van der Waals surface area contributed by atoms with E-state index in [9.17, 15) is 19.7 Å². The molecule has 0 aliphatic carbocycles. The standard InChI is InChI=1S/C14H17NO6/c1-3-13(16)21-11-7-5-10(6-8-11)9-12(15(18)19)14(17)20-4-2/h5-8,12H,3-4,9H2,1-2H3. The lowest BCUT2D eigenvalue weighted by Crippen LogP contribution is -2.33. The lowest BCUT2D eigenvalue weighted by atomic mass is 10.1. The monoisotopic (exact) mass is 295 g/mol. The van der Waals surface area contributed by atoms with E-state index < -0.39 is 16.9 Å². The van der Waals surface area contributed by atoms with Gasteiger partial charge in [-0.15, -0.1) is 0 Å². The smallest absolute Gasteiger partial charge is 0.382 e. The SMILES string of the molecule is CCOC(=O)C(Cc1ccc(OC(=O)CC)cc1)[N+](=O)[O-]. The molecule has 0 heterocycles. The molecule has 0 spiro atoms. The molecule has 7 heteroatoms. The van der Waals surface area contributed by atoms with Gasteiger partial charge in [0.25, 0.3) is 0 Å². The number of hydrogen-bond donors (Lipinski definition) is 0. The van der Waals surface area contributed by atoms with E-state index in [2.05, 4.69) is 4.74 Å². The molecule has 0 bridgehead atoms. The van der Waals surface area contributed by atoms with E-state index in [0.29, 0.717) is 11.3 Å². The summed E-state index contributed by atoms with van der Waals surface area (Å²) in [6.07, 6.45) is 0.182. The van der Waals surface area contributed by atoms with Gasteiger partial charge >= 0.3 is 18.0 Å². The van der Waals surface area contributed by atoms with E-state index in [0.717, 1.165) is 0 Å². The Morgan fingerprint density at radius 2 is 1.86 bits per heavy atom. The second-order valence-corrected chi connectivity index (χ2v) is 4.23. The van der Waals surface area contributed by atoms with Crippen LogP contribution in [0.3, 0.4) is 0 Å². The maximum absolute atomic E-state index is 11.5. The van der Waals surface area contributed by atoms with E-state index in [4.69, 9.17) is 4.74 Å². The van der Waals surface area contributed by atoms with Crippen molar-refractivity contribution in [1.82, 2.24) is 0 Å². The van der Waals surface area contributed by atoms with Crippen LogP contribution in [0.15, 0.2) is 24.3 Å². The topological polar surface area (TPSA) is 95.7 Å². The minimum absolute atomic E-state index is 0.0756. The van der Waals surface area contributed by atoms with Gasteiger partial charge in [0.1, 0.15) is 5.75 Å². The first-order valence-electron chi connectivity index (χ1n) is 6.57. The van der Waals surface area contributed by atoms with Crippen LogP contribution in [0.1, 0.15) is 25.8 Å². The predicted molar refractivity (Wildman–Crippen MR) is 73.5 cm³/mol. The van der Waals surface area contributed by atoms with Gasteiger partial charge in [0.05, 0.1) is 13.0 Å². The average Bonchev–Trinajstić information content (AvgIpc) is 2.46. The first kappa shape index (κ1) is 16.6. The highest BCUT2D eigenvalue weighted by Gasteiger charge is 2.31. The van der Waals surface area contributed by atoms with E-state index in [1.165, 1.54) is 12.1 Å². The molecule has 0 saturated carbocycles. The lowest BCUT2D eigenvalue weighted by molar-refractivity contribution is -0.510. The van der Waals surface area contributed by atoms with Crippen molar-refractivity contribution in [1.29, 1.82) is 0 Å². The third-order valence-electron chi connectivity index (χ3n) is 2.69. The van der Waals surface area contributed by atoms with Crippen molar-refractivity contribution >= 4 is 11.9 Å². The maximum atomic E-state index is 11.5. The van der Waals surface area contributed by atoms with Crippen molar-refractivity contribution in [2.24, 2.45) is 0 Å². The molecule has 7 nitrogen and oxygen atoms in total. The molecule has 0 saturated heterocycles. The van der Waals surface area contributed by atoms with Crippen molar-refractivity contribution in [2.45, 2.75) is 32.7 Å². The molecule has 0 amide bonds. The molecule has 114 valence electrons. The van der Waals surface area contributed by atoms with Crippen LogP contribution < -0.4 is 4.74 Å². The highest BCUT2D eigenvalue weighted by Crippen LogP contribution is 2.15. The van der Waals surface area contributed by atoms with Gasteiger partial charge in [-0.05, 0) is 24.6 Å². The van der Waals surface area contributed by atoms with Gasteiger partial charge in [0, 0.05) is 11.3 Å². The molecule has 1 unspecified atom stereocenters. The summed E-state index contributed by atoms with van der Waals surface area (Å²) in [6, 6.07) is 4.78. The van der Waals surface area contributed by atoms with Crippen LogP contribution in [0.4, 0.5) is 0 Å². The minimum atomic E-state index is -1.44. The van der Waals surface area contributed by atoms with Crippen molar-refractivity contribution in [3.63, 3.8) is 0 Å². The molecule has 0 aliphatic heterocycles. The van der Waals surface area contributed by atoms with Crippen molar-refractivity contribution in [3.05, 3.63) is 39.9 Å². The Balaban J connectivity index is 2.74. The van der Waals surface area contributed by atoms with Gasteiger partial charge < -0.3 is 9.47 Å². The third kappa shape index (κ3) is 5.21. The maximum Gasteiger partial charge on any atom is 0.382 e. The Labute approximate surface area is 122 Å². The van der Waals surface area contributed by atoms with Crippen LogP contribution in [0.5, 0.6) is 5.75 Å². The fourth-order valence-electron chi connectivity index (χ4n) is 1.60. The second-order valence-electron chi connectivity index (χ2n) is 4.23. The fourth-order valence-corrected chi connectivity index (χ4v) is 1.60. The molecular formula is C14H17NO6. The van der Waals surface area contributed by atoms with Crippen LogP contribution in [0.2, 0.25) is 0 Å². The number of carbonyl (C=O) groups excluding carboxylic acids is 2. The summed E-state index contributed by atoms with van der Waals surface area (Å²) in [5.41, 5.74) is 0.584. The van der Waals surface area contributed by atoms with Crippen LogP contribution >= 0.6 is 0 Å². The zero-order chi connectivity index (χ0) is 15.8. The van der Waals surface area contributed by atoms with Gasteiger partial charge in [-0.25, -0.2) is 4.79 Å².